The lowest BCUT2D eigenvalue weighted by Crippen LogP contribution is -2.52. The first-order valence-corrected chi connectivity index (χ1v) is 8.04. The van der Waals surface area contributed by atoms with E-state index in [0.29, 0.717) is 17.8 Å². The molecule has 1 aromatic rings. The van der Waals surface area contributed by atoms with Crippen LogP contribution < -0.4 is 16.4 Å². The van der Waals surface area contributed by atoms with Gasteiger partial charge >= 0.3 is 0 Å². The van der Waals surface area contributed by atoms with Crippen LogP contribution in [0, 0.1) is 0 Å². The molecule has 1 saturated carbocycles. The van der Waals surface area contributed by atoms with Crippen LogP contribution in [0.25, 0.3) is 0 Å². The third-order valence-corrected chi connectivity index (χ3v) is 4.14. The second kappa shape index (κ2) is 8.89. The third kappa shape index (κ3) is 5.22. The summed E-state index contributed by atoms with van der Waals surface area (Å²) in [6.45, 7) is 2.67. The molecule has 0 bridgehead atoms. The van der Waals surface area contributed by atoms with Crippen molar-refractivity contribution in [2.24, 2.45) is 5.73 Å². The SMILES string of the molecule is CCCNC(=O)c1ccc(NC(=O)C2(N)CCCCC2)cc1.Cl. The number of rotatable bonds is 5. The van der Waals surface area contributed by atoms with Gasteiger partial charge in [0, 0.05) is 17.8 Å². The van der Waals surface area contributed by atoms with Crippen LogP contribution in [0.3, 0.4) is 0 Å². The summed E-state index contributed by atoms with van der Waals surface area (Å²) in [6.07, 6.45) is 5.51. The first kappa shape index (κ1) is 19.5. The minimum Gasteiger partial charge on any atom is -0.352 e. The molecule has 0 atom stereocenters. The Morgan fingerprint density at radius 3 is 2.30 bits per heavy atom. The predicted octanol–water partition coefficient (Wildman–Crippen LogP) is 2.85. The number of carbonyl (C=O) groups is 2. The van der Waals surface area contributed by atoms with Gasteiger partial charge in [-0.15, -0.1) is 12.4 Å². The molecule has 0 radical (unpaired) electrons. The van der Waals surface area contributed by atoms with Crippen molar-refractivity contribution >= 4 is 29.9 Å². The van der Waals surface area contributed by atoms with Crippen LogP contribution in [-0.4, -0.2) is 23.9 Å². The Morgan fingerprint density at radius 2 is 1.74 bits per heavy atom. The van der Waals surface area contributed by atoms with Crippen LogP contribution in [0.1, 0.15) is 55.8 Å². The molecule has 128 valence electrons. The van der Waals surface area contributed by atoms with Crippen molar-refractivity contribution in [3.8, 4) is 0 Å². The lowest BCUT2D eigenvalue weighted by Gasteiger charge is -2.31. The first-order chi connectivity index (χ1) is 10.5. The summed E-state index contributed by atoms with van der Waals surface area (Å²) in [6, 6.07) is 6.91. The van der Waals surface area contributed by atoms with Gasteiger partial charge in [0.1, 0.15) is 0 Å². The average molecular weight is 340 g/mol. The summed E-state index contributed by atoms with van der Waals surface area (Å²) in [7, 11) is 0. The van der Waals surface area contributed by atoms with E-state index in [1.807, 2.05) is 6.92 Å². The zero-order valence-electron chi connectivity index (χ0n) is 13.6. The standard InChI is InChI=1S/C17H25N3O2.ClH/c1-2-12-19-15(21)13-6-8-14(9-7-13)20-16(22)17(18)10-4-3-5-11-17;/h6-9H,2-5,10-12,18H2,1H3,(H,19,21)(H,20,22);1H. The molecule has 6 heteroatoms. The van der Waals surface area contributed by atoms with Gasteiger partial charge in [-0.2, -0.15) is 0 Å². The molecule has 0 spiro atoms. The number of hydrogen-bond donors (Lipinski definition) is 3. The van der Waals surface area contributed by atoms with E-state index in [2.05, 4.69) is 10.6 Å². The Morgan fingerprint density at radius 1 is 1.13 bits per heavy atom. The fourth-order valence-electron chi connectivity index (χ4n) is 2.71. The monoisotopic (exact) mass is 339 g/mol. The van der Waals surface area contributed by atoms with Crippen molar-refractivity contribution in [1.82, 2.24) is 5.32 Å². The predicted molar refractivity (Wildman–Crippen MR) is 94.9 cm³/mol. The molecule has 4 N–H and O–H groups in total. The van der Waals surface area contributed by atoms with Crippen LogP contribution in [-0.2, 0) is 4.79 Å². The highest BCUT2D eigenvalue weighted by Crippen LogP contribution is 2.27. The fourth-order valence-corrected chi connectivity index (χ4v) is 2.71. The highest BCUT2D eigenvalue weighted by atomic mass is 35.5. The number of anilines is 1. The molecule has 0 aliphatic heterocycles. The lowest BCUT2D eigenvalue weighted by molar-refractivity contribution is -0.122. The van der Waals surface area contributed by atoms with Gasteiger partial charge in [-0.3, -0.25) is 9.59 Å². The molecule has 1 aromatic carbocycles. The van der Waals surface area contributed by atoms with E-state index in [1.54, 1.807) is 24.3 Å². The molecular formula is C17H26ClN3O2. The summed E-state index contributed by atoms with van der Waals surface area (Å²) in [4.78, 5) is 24.2. The van der Waals surface area contributed by atoms with Gasteiger partial charge in [0.05, 0.1) is 5.54 Å². The van der Waals surface area contributed by atoms with E-state index in [9.17, 15) is 9.59 Å². The number of nitrogens with two attached hydrogens (primary N) is 1. The molecule has 0 unspecified atom stereocenters. The number of carbonyl (C=O) groups excluding carboxylic acids is 2. The maximum absolute atomic E-state index is 12.3. The van der Waals surface area contributed by atoms with E-state index >= 15 is 0 Å². The Balaban J connectivity index is 0.00000264. The largest absolute Gasteiger partial charge is 0.352 e. The molecule has 0 heterocycles. The Hall–Kier alpha value is -1.59. The molecule has 2 rings (SSSR count). The average Bonchev–Trinajstić information content (AvgIpc) is 2.54. The minimum absolute atomic E-state index is 0. The maximum Gasteiger partial charge on any atom is 0.251 e. The molecule has 1 fully saturated rings. The van der Waals surface area contributed by atoms with Crippen LogP contribution in [0.5, 0.6) is 0 Å². The second-order valence-corrected chi connectivity index (χ2v) is 6.00. The van der Waals surface area contributed by atoms with E-state index in [-0.39, 0.29) is 24.2 Å². The summed E-state index contributed by atoms with van der Waals surface area (Å²) in [5.41, 5.74) is 6.72. The van der Waals surface area contributed by atoms with Crippen LogP contribution in [0.2, 0.25) is 0 Å². The van der Waals surface area contributed by atoms with E-state index in [4.69, 9.17) is 5.73 Å². The molecule has 1 aliphatic rings. The van der Waals surface area contributed by atoms with Gasteiger partial charge in [0.25, 0.3) is 5.91 Å². The van der Waals surface area contributed by atoms with Gasteiger partial charge in [-0.25, -0.2) is 0 Å². The Labute approximate surface area is 143 Å². The van der Waals surface area contributed by atoms with E-state index in [1.165, 1.54) is 0 Å². The van der Waals surface area contributed by atoms with Crippen molar-refractivity contribution in [3.63, 3.8) is 0 Å². The summed E-state index contributed by atoms with van der Waals surface area (Å²) in [5.74, 6) is -0.224. The lowest BCUT2D eigenvalue weighted by atomic mass is 9.82. The number of amides is 2. The van der Waals surface area contributed by atoms with Crippen molar-refractivity contribution in [2.75, 3.05) is 11.9 Å². The zero-order valence-corrected chi connectivity index (χ0v) is 14.4. The Kier molecular flexibility index (Phi) is 7.52. The van der Waals surface area contributed by atoms with Crippen LogP contribution in [0.4, 0.5) is 5.69 Å². The van der Waals surface area contributed by atoms with Crippen molar-refractivity contribution in [3.05, 3.63) is 29.8 Å². The van der Waals surface area contributed by atoms with Gasteiger partial charge < -0.3 is 16.4 Å². The van der Waals surface area contributed by atoms with Crippen molar-refractivity contribution in [1.29, 1.82) is 0 Å². The molecule has 5 nitrogen and oxygen atoms in total. The normalized spacial score (nSPS) is 16.1. The minimum atomic E-state index is -0.755. The molecule has 0 saturated heterocycles. The van der Waals surface area contributed by atoms with Gasteiger partial charge in [0.2, 0.25) is 5.91 Å². The summed E-state index contributed by atoms with van der Waals surface area (Å²) >= 11 is 0. The fraction of sp³-hybridized carbons (Fsp3) is 0.529. The summed E-state index contributed by atoms with van der Waals surface area (Å²) in [5, 5.41) is 5.69. The van der Waals surface area contributed by atoms with Crippen molar-refractivity contribution < 1.29 is 9.59 Å². The number of benzene rings is 1. The van der Waals surface area contributed by atoms with Crippen LogP contribution in [0.15, 0.2) is 24.3 Å². The number of hydrogen-bond acceptors (Lipinski definition) is 3. The molecule has 1 aliphatic carbocycles. The van der Waals surface area contributed by atoms with E-state index < -0.39 is 5.54 Å². The highest BCUT2D eigenvalue weighted by Gasteiger charge is 2.35. The number of halogens is 1. The highest BCUT2D eigenvalue weighted by molar-refractivity contribution is 5.99. The molecule has 0 aromatic heterocycles. The van der Waals surface area contributed by atoms with Gasteiger partial charge in [0.15, 0.2) is 0 Å². The van der Waals surface area contributed by atoms with Gasteiger partial charge in [-0.1, -0.05) is 26.2 Å². The van der Waals surface area contributed by atoms with Crippen LogP contribution >= 0.6 is 12.4 Å². The zero-order chi connectivity index (χ0) is 16.0. The molecular weight excluding hydrogens is 314 g/mol. The van der Waals surface area contributed by atoms with E-state index in [0.717, 1.165) is 38.5 Å². The maximum atomic E-state index is 12.3. The third-order valence-electron chi connectivity index (χ3n) is 4.14. The quantitative estimate of drug-likeness (QED) is 0.771. The molecule has 2 amide bonds. The first-order valence-electron chi connectivity index (χ1n) is 8.04. The summed E-state index contributed by atoms with van der Waals surface area (Å²) < 4.78 is 0. The second-order valence-electron chi connectivity index (χ2n) is 6.00. The topological polar surface area (TPSA) is 84.2 Å². The van der Waals surface area contributed by atoms with Crippen molar-refractivity contribution in [2.45, 2.75) is 51.0 Å². The Bertz CT molecular complexity index is 525. The smallest absolute Gasteiger partial charge is 0.251 e. The van der Waals surface area contributed by atoms with Gasteiger partial charge in [-0.05, 0) is 43.5 Å². The number of nitrogens with one attached hydrogen (secondary N) is 2. The molecule has 23 heavy (non-hydrogen) atoms.